The van der Waals surface area contributed by atoms with E-state index in [-0.39, 0.29) is 23.4 Å². The maximum atomic E-state index is 5.73. The van der Waals surface area contributed by atoms with Crippen LogP contribution in [0.3, 0.4) is 0 Å². The van der Waals surface area contributed by atoms with Gasteiger partial charge in [0.15, 0.2) is 0 Å². The fourth-order valence-electron chi connectivity index (χ4n) is 16.5. The van der Waals surface area contributed by atoms with E-state index in [1.54, 1.807) is 0 Å². The predicted octanol–water partition coefficient (Wildman–Crippen LogP) is 8.53. The molecule has 6 nitrogen and oxygen atoms in total. The molecule has 0 radical (unpaired) electrons. The Labute approximate surface area is 293 Å². The fourth-order valence-corrected chi connectivity index (χ4v) is 16.5. The average Bonchev–Trinajstić information content (AvgIpc) is 3.74. The van der Waals surface area contributed by atoms with Crippen LogP contribution in [0.25, 0.3) is 0 Å². The molecule has 0 unspecified atom stereocenters. The van der Waals surface area contributed by atoms with Crippen LogP contribution in [0.2, 0.25) is 0 Å². The third-order valence-corrected chi connectivity index (χ3v) is 17.2. The normalized spacial score (nSPS) is 45.2. The van der Waals surface area contributed by atoms with Gasteiger partial charge in [-0.15, -0.1) is 0 Å². The Balaban J connectivity index is 0.987. The van der Waals surface area contributed by atoms with Crippen molar-refractivity contribution < 1.29 is 0 Å². The zero-order chi connectivity index (χ0) is 32.4. The molecule has 0 N–H and O–H groups in total. The molecule has 3 aromatic rings. The van der Waals surface area contributed by atoms with Crippen LogP contribution < -0.4 is 0 Å². The van der Waals surface area contributed by atoms with E-state index in [1.165, 1.54) is 150 Å². The highest BCUT2D eigenvalue weighted by molar-refractivity contribution is 6.53. The largest absolute Gasteiger partial charge is 0.569 e. The third-order valence-electron chi connectivity index (χ3n) is 17.2. The van der Waals surface area contributed by atoms with E-state index >= 15 is 0 Å². The van der Waals surface area contributed by atoms with Crippen LogP contribution in [-0.4, -0.2) is 36.2 Å². The summed E-state index contributed by atoms with van der Waals surface area (Å²) >= 11 is 0. The molecule has 12 bridgehead atoms. The van der Waals surface area contributed by atoms with Gasteiger partial charge in [0.1, 0.15) is 0 Å². The van der Waals surface area contributed by atoms with Crippen molar-refractivity contribution in [1.82, 2.24) is 29.1 Å². The van der Waals surface area contributed by atoms with Crippen LogP contribution in [0.1, 0.15) is 150 Å². The summed E-state index contributed by atoms with van der Waals surface area (Å²) in [7, 11) is -0.201. The van der Waals surface area contributed by atoms with E-state index in [9.17, 15) is 0 Å². The molecule has 258 valence electrons. The van der Waals surface area contributed by atoms with E-state index in [4.69, 9.17) is 15.3 Å². The second-order valence-corrected chi connectivity index (χ2v) is 20.8. The zero-order valence-electron chi connectivity index (χ0n) is 30.4. The SMILES string of the molecule is Cc1cc(C23CC4CC(CC(C4)C2)C3)nn1B(n1nc(C23CC4CC(CC(C4)C2)C3)cc1C)n1nc(C23CC4CC(CC(C4)C2)C3)cc1C. The lowest BCUT2D eigenvalue weighted by atomic mass is 9.49. The summed E-state index contributed by atoms with van der Waals surface area (Å²) in [5.41, 5.74) is 8.80. The molecule has 0 saturated heterocycles. The standard InChI is InChI=1S/C42H57BN6/c1-25-4-37(40-16-28-7-29(17-40)9-30(8-28)18-40)44-47(25)43(48-26(2)5-38(45-48)41-19-31-10-32(20-41)12-33(11-31)21-41)49-27(3)6-39(46-49)42-22-34-13-35(23-42)15-36(14-34)24-42/h4-6,28-36H,7-24H2,1-3H3. The van der Waals surface area contributed by atoms with Crippen molar-refractivity contribution in [2.45, 2.75) is 153 Å². The summed E-state index contributed by atoms with van der Waals surface area (Å²) in [5.74, 6) is 8.25. The van der Waals surface area contributed by atoms with E-state index in [0.717, 1.165) is 53.3 Å². The number of hydrogen-bond donors (Lipinski definition) is 0. The molecule has 0 spiro atoms. The molecule has 12 saturated carbocycles. The van der Waals surface area contributed by atoms with Gasteiger partial charge in [0, 0.05) is 33.3 Å². The van der Waals surface area contributed by atoms with Crippen LogP contribution in [0.4, 0.5) is 0 Å². The highest BCUT2D eigenvalue weighted by atomic mass is 15.5. The minimum Gasteiger partial charge on any atom is -0.266 e. The minimum absolute atomic E-state index is 0.201. The molecular formula is C42H57BN6. The quantitative estimate of drug-likeness (QED) is 0.250. The Morgan fingerprint density at radius 2 is 0.612 bits per heavy atom. The van der Waals surface area contributed by atoms with Gasteiger partial charge in [-0.1, -0.05) is 0 Å². The number of aromatic nitrogens is 6. The Bertz CT molecular complexity index is 1520. The van der Waals surface area contributed by atoms with E-state index in [0.29, 0.717) is 0 Å². The van der Waals surface area contributed by atoms with Crippen molar-refractivity contribution in [3.05, 3.63) is 52.4 Å². The summed E-state index contributed by atoms with van der Waals surface area (Å²) in [5, 5.41) is 17.2. The van der Waals surface area contributed by atoms with Crippen LogP contribution in [0.5, 0.6) is 0 Å². The van der Waals surface area contributed by atoms with Crippen LogP contribution in [-0.2, 0) is 16.2 Å². The smallest absolute Gasteiger partial charge is 0.266 e. The van der Waals surface area contributed by atoms with Crippen LogP contribution in [0.15, 0.2) is 18.2 Å². The summed E-state index contributed by atoms with van der Waals surface area (Å²) in [6, 6.07) is 7.49. The van der Waals surface area contributed by atoms with Crippen molar-refractivity contribution in [1.29, 1.82) is 0 Å². The van der Waals surface area contributed by atoms with Crippen molar-refractivity contribution in [2.24, 2.45) is 53.3 Å². The van der Waals surface area contributed by atoms with Gasteiger partial charge in [0.25, 0.3) is 0 Å². The number of rotatable bonds is 6. The van der Waals surface area contributed by atoms with Gasteiger partial charge in [-0.25, -0.2) is 0 Å². The second kappa shape index (κ2) is 9.76. The van der Waals surface area contributed by atoms with Gasteiger partial charge < -0.3 is 0 Å². The first-order chi connectivity index (χ1) is 23.7. The highest BCUT2D eigenvalue weighted by Gasteiger charge is 2.56. The van der Waals surface area contributed by atoms with E-state index < -0.39 is 0 Å². The minimum atomic E-state index is -0.201. The molecule has 3 aromatic heterocycles. The topological polar surface area (TPSA) is 53.5 Å². The molecule has 0 amide bonds. The van der Waals surface area contributed by atoms with Gasteiger partial charge in [-0.2, -0.15) is 15.3 Å². The van der Waals surface area contributed by atoms with Crippen molar-refractivity contribution >= 4 is 7.12 Å². The Hall–Kier alpha value is -2.31. The predicted molar refractivity (Wildman–Crippen MR) is 192 cm³/mol. The molecule has 7 heteroatoms. The van der Waals surface area contributed by atoms with Crippen molar-refractivity contribution in [3.8, 4) is 0 Å². The van der Waals surface area contributed by atoms with Crippen LogP contribution >= 0.6 is 0 Å². The third kappa shape index (κ3) is 4.17. The summed E-state index contributed by atoms with van der Waals surface area (Å²) in [6.07, 6.45) is 25.5. The van der Waals surface area contributed by atoms with Gasteiger partial charge in [0.2, 0.25) is 0 Å². The molecule has 12 aliphatic carbocycles. The van der Waals surface area contributed by atoms with Crippen molar-refractivity contribution in [2.75, 3.05) is 0 Å². The van der Waals surface area contributed by atoms with Crippen LogP contribution in [0, 0.1) is 74.0 Å². The van der Waals surface area contributed by atoms with Gasteiger partial charge >= 0.3 is 7.12 Å². The van der Waals surface area contributed by atoms with Gasteiger partial charge in [-0.3, -0.25) is 13.8 Å². The monoisotopic (exact) mass is 656 g/mol. The second-order valence-electron chi connectivity index (χ2n) is 20.8. The molecule has 0 aliphatic heterocycles. The summed E-state index contributed by atoms with van der Waals surface area (Å²) in [4.78, 5) is 0. The summed E-state index contributed by atoms with van der Waals surface area (Å²) < 4.78 is 7.13. The molecule has 3 heterocycles. The Kier molecular flexibility index (Phi) is 5.84. The first-order valence-electron chi connectivity index (χ1n) is 20.9. The molecule has 12 aliphatic rings. The van der Waals surface area contributed by atoms with Gasteiger partial charge in [-0.05, 0) is 208 Å². The molecule has 0 atom stereocenters. The fraction of sp³-hybridized carbons (Fsp3) is 0.786. The number of aryl methyl sites for hydroxylation is 3. The molecule has 12 fully saturated rings. The van der Waals surface area contributed by atoms with E-state index in [2.05, 4.69) is 52.7 Å². The zero-order valence-corrected chi connectivity index (χ0v) is 30.4. The molecular weight excluding hydrogens is 599 g/mol. The Morgan fingerprint density at radius 1 is 0.408 bits per heavy atom. The first kappa shape index (κ1) is 29.3. The first-order valence-corrected chi connectivity index (χ1v) is 20.9. The van der Waals surface area contributed by atoms with Crippen molar-refractivity contribution in [3.63, 3.8) is 0 Å². The maximum absolute atomic E-state index is 5.73. The number of nitrogens with zero attached hydrogens (tertiary/aromatic N) is 6. The van der Waals surface area contributed by atoms with Gasteiger partial charge in [0.05, 0.1) is 17.1 Å². The average molecular weight is 657 g/mol. The Morgan fingerprint density at radius 3 is 0.816 bits per heavy atom. The molecule has 49 heavy (non-hydrogen) atoms. The maximum Gasteiger partial charge on any atom is 0.569 e. The van der Waals surface area contributed by atoms with E-state index in [1.807, 2.05) is 0 Å². The lowest BCUT2D eigenvalue weighted by Gasteiger charge is -2.56. The molecule has 0 aromatic carbocycles. The lowest BCUT2D eigenvalue weighted by molar-refractivity contribution is -0.00733. The molecule has 15 rings (SSSR count). The highest BCUT2D eigenvalue weighted by Crippen LogP contribution is 2.63. The number of hydrogen-bond acceptors (Lipinski definition) is 3. The lowest BCUT2D eigenvalue weighted by Crippen LogP contribution is -2.50. The summed E-state index contributed by atoms with van der Waals surface area (Å²) in [6.45, 7) is 6.96.